The number of thioether (sulfide) groups is 1. The smallest absolute Gasteiger partial charge is 0.211 e. The molecule has 66 valence electrons. The molecule has 1 aliphatic rings. The topological polar surface area (TPSA) is 0 Å². The van der Waals surface area contributed by atoms with Gasteiger partial charge < -0.3 is 0 Å². The van der Waals surface area contributed by atoms with Gasteiger partial charge in [0.05, 0.1) is 0 Å². The van der Waals surface area contributed by atoms with Crippen molar-refractivity contribution in [2.75, 3.05) is 0 Å². The highest BCUT2D eigenvalue weighted by atomic mass is 32.2. The molecule has 0 aromatic carbocycles. The molecule has 0 N–H and O–H groups in total. The highest BCUT2D eigenvalue weighted by molar-refractivity contribution is 8.02. The second kappa shape index (κ2) is 3.76. The lowest BCUT2D eigenvalue weighted by molar-refractivity contribution is -0.0322. The van der Waals surface area contributed by atoms with Crippen LogP contribution in [0.4, 0.5) is 13.2 Å². The van der Waals surface area contributed by atoms with E-state index in [9.17, 15) is 13.2 Å². The maximum atomic E-state index is 11.6. The van der Waals surface area contributed by atoms with Gasteiger partial charge in [-0.3, -0.25) is 0 Å². The molecule has 0 aliphatic heterocycles. The lowest BCUT2D eigenvalue weighted by Gasteiger charge is -2.08. The molecule has 0 heterocycles. The van der Waals surface area contributed by atoms with Crippen LogP contribution in [0.5, 0.6) is 0 Å². The summed E-state index contributed by atoms with van der Waals surface area (Å²) in [6.07, 6.45) is 8.47. The monoisotopic (exact) mass is 191 g/mol. The lowest BCUT2D eigenvalue weighted by Crippen LogP contribution is -1.97. The van der Waals surface area contributed by atoms with Crippen molar-refractivity contribution in [2.45, 2.75) is 5.51 Å². The van der Waals surface area contributed by atoms with Crippen LogP contribution in [0.3, 0.4) is 0 Å². The molecule has 0 nitrogen and oxygen atoms in total. The van der Waals surface area contributed by atoms with Crippen LogP contribution in [-0.4, -0.2) is 5.51 Å². The zero-order valence-electron chi connectivity index (χ0n) is 6.01. The minimum absolute atomic E-state index is 0.149. The van der Waals surface area contributed by atoms with Gasteiger partial charge in [-0.1, -0.05) is 12.2 Å². The van der Waals surface area contributed by atoms with E-state index in [4.69, 9.17) is 0 Å². The van der Waals surface area contributed by atoms with E-state index in [1.54, 1.807) is 24.3 Å². The van der Waals surface area contributed by atoms with Crippen LogP contribution >= 0.6 is 11.8 Å². The number of halogens is 3. The standard InChI is InChI=1S/C8H6F3S/c9-8(10,11)12-6-5-7-3-1-2-4-7/h1-6H/q-1. The highest BCUT2D eigenvalue weighted by Gasteiger charge is 2.23. The van der Waals surface area contributed by atoms with Crippen molar-refractivity contribution >= 4 is 11.8 Å². The van der Waals surface area contributed by atoms with Crippen LogP contribution in [0, 0.1) is 5.75 Å². The average molecular weight is 191 g/mol. The molecule has 0 spiro atoms. The summed E-state index contributed by atoms with van der Waals surface area (Å²) >= 11 is -0.149. The van der Waals surface area contributed by atoms with Gasteiger partial charge in [0.25, 0.3) is 0 Å². The summed E-state index contributed by atoms with van der Waals surface area (Å²) in [7, 11) is 0. The minimum atomic E-state index is -4.18. The summed E-state index contributed by atoms with van der Waals surface area (Å²) in [6.45, 7) is 0. The van der Waals surface area contributed by atoms with Crippen LogP contribution in [0.25, 0.3) is 0 Å². The Morgan fingerprint density at radius 2 is 1.83 bits per heavy atom. The third-order valence-corrected chi connectivity index (χ3v) is 1.69. The van der Waals surface area contributed by atoms with Gasteiger partial charge in [-0.2, -0.15) is 24.5 Å². The third kappa shape index (κ3) is 3.57. The summed E-state index contributed by atoms with van der Waals surface area (Å²) in [6, 6.07) is 0. The number of hydrogen-bond acceptors (Lipinski definition) is 1. The molecule has 0 fully saturated rings. The van der Waals surface area contributed by atoms with E-state index in [-0.39, 0.29) is 11.8 Å². The largest absolute Gasteiger partial charge is 0.429 e. The zero-order valence-corrected chi connectivity index (χ0v) is 6.82. The summed E-state index contributed by atoms with van der Waals surface area (Å²) in [4.78, 5) is 0. The predicted octanol–water partition coefficient (Wildman–Crippen LogP) is 3.45. The molecule has 0 saturated heterocycles. The molecule has 0 bridgehead atoms. The fraction of sp³-hybridized carbons (Fsp3) is 0.125. The van der Waals surface area contributed by atoms with Gasteiger partial charge in [0.2, 0.25) is 0 Å². The Bertz CT molecular complexity index is 221. The number of allylic oxidation sites excluding steroid dienone is 5. The Balaban J connectivity index is 2.30. The van der Waals surface area contributed by atoms with E-state index < -0.39 is 5.51 Å². The average Bonchev–Trinajstić information content (AvgIpc) is 2.36. The van der Waals surface area contributed by atoms with E-state index in [2.05, 4.69) is 0 Å². The van der Waals surface area contributed by atoms with Crippen LogP contribution in [0.15, 0.2) is 36.0 Å². The highest BCUT2D eigenvalue weighted by Crippen LogP contribution is 2.32. The number of hydrogen-bond donors (Lipinski definition) is 0. The molecule has 0 unspecified atom stereocenters. The van der Waals surface area contributed by atoms with Crippen molar-refractivity contribution < 1.29 is 13.2 Å². The lowest BCUT2D eigenvalue weighted by atomic mass is 10.3. The minimum Gasteiger partial charge on any atom is -0.211 e. The van der Waals surface area contributed by atoms with Gasteiger partial charge in [0, 0.05) is 0 Å². The fourth-order valence-corrected chi connectivity index (χ4v) is 1.07. The van der Waals surface area contributed by atoms with Gasteiger partial charge >= 0.3 is 5.51 Å². The second-order valence-electron chi connectivity index (χ2n) is 2.08. The Morgan fingerprint density at radius 3 is 2.33 bits per heavy atom. The molecule has 0 radical (unpaired) electrons. The van der Waals surface area contributed by atoms with Crippen LogP contribution in [0.2, 0.25) is 0 Å². The Labute approximate surface area is 72.8 Å². The molecule has 0 atom stereocenters. The van der Waals surface area contributed by atoms with Crippen molar-refractivity contribution in [1.29, 1.82) is 0 Å². The first kappa shape index (κ1) is 9.32. The van der Waals surface area contributed by atoms with E-state index in [1.807, 2.05) is 0 Å². The normalized spacial score (nSPS) is 15.4. The predicted molar refractivity (Wildman–Crippen MR) is 44.3 cm³/mol. The molecule has 0 amide bonds. The van der Waals surface area contributed by atoms with Gasteiger partial charge in [-0.15, -0.1) is 23.9 Å². The van der Waals surface area contributed by atoms with E-state index in [0.29, 0.717) is 0 Å². The van der Waals surface area contributed by atoms with Gasteiger partial charge in [0.15, 0.2) is 0 Å². The molecule has 1 aliphatic carbocycles. The maximum absolute atomic E-state index is 11.6. The first-order valence-electron chi connectivity index (χ1n) is 3.21. The van der Waals surface area contributed by atoms with E-state index in [0.717, 1.165) is 11.3 Å². The Hall–Kier alpha value is -0.770. The zero-order chi connectivity index (χ0) is 9.03. The molecule has 0 saturated carbocycles. The van der Waals surface area contributed by atoms with Crippen molar-refractivity contribution in [3.63, 3.8) is 0 Å². The van der Waals surface area contributed by atoms with Gasteiger partial charge in [0.1, 0.15) is 0 Å². The van der Waals surface area contributed by atoms with Crippen molar-refractivity contribution in [3.05, 3.63) is 41.7 Å². The Kier molecular flexibility index (Phi) is 2.92. The molecular weight excluding hydrogens is 185 g/mol. The first-order chi connectivity index (χ1) is 5.58. The van der Waals surface area contributed by atoms with Crippen LogP contribution in [0.1, 0.15) is 0 Å². The fourth-order valence-electron chi connectivity index (χ4n) is 0.690. The quantitative estimate of drug-likeness (QED) is 0.602. The molecule has 12 heavy (non-hydrogen) atoms. The number of rotatable bonds is 2. The van der Waals surface area contributed by atoms with Crippen molar-refractivity contribution in [2.24, 2.45) is 0 Å². The third-order valence-electron chi connectivity index (χ3n) is 1.15. The van der Waals surface area contributed by atoms with Crippen LogP contribution in [-0.2, 0) is 0 Å². The Morgan fingerprint density at radius 1 is 1.25 bits per heavy atom. The molecule has 0 aromatic heterocycles. The first-order valence-corrected chi connectivity index (χ1v) is 4.09. The van der Waals surface area contributed by atoms with Gasteiger partial charge in [-0.05, 0) is 0 Å². The van der Waals surface area contributed by atoms with Crippen molar-refractivity contribution in [1.82, 2.24) is 0 Å². The molecular formula is C8H6F3S-. The SMILES string of the molecule is FC(F)(F)S[CH-]C=C1C=CC=C1. The number of alkyl halides is 3. The maximum Gasteiger partial charge on any atom is 0.429 e. The summed E-state index contributed by atoms with van der Waals surface area (Å²) in [5.41, 5.74) is -3.39. The van der Waals surface area contributed by atoms with Crippen LogP contribution < -0.4 is 0 Å². The van der Waals surface area contributed by atoms with E-state index in [1.165, 1.54) is 6.08 Å². The molecule has 0 aromatic rings. The second-order valence-corrected chi connectivity index (χ2v) is 3.06. The molecule has 4 heteroatoms. The summed E-state index contributed by atoms with van der Waals surface area (Å²) < 4.78 is 34.8. The van der Waals surface area contributed by atoms with Crippen molar-refractivity contribution in [3.8, 4) is 0 Å². The summed E-state index contributed by atoms with van der Waals surface area (Å²) in [5.74, 6) is 1.04. The molecule has 1 rings (SSSR count). The summed E-state index contributed by atoms with van der Waals surface area (Å²) in [5, 5.41) is 0. The van der Waals surface area contributed by atoms with Gasteiger partial charge in [-0.25, -0.2) is 6.08 Å². The van der Waals surface area contributed by atoms with E-state index >= 15 is 0 Å².